The third-order valence-corrected chi connectivity index (χ3v) is 1.90. The Morgan fingerprint density at radius 2 is 2.58 bits per heavy atom. The molecule has 0 radical (unpaired) electrons. The lowest BCUT2D eigenvalue weighted by Gasteiger charge is -2.14. The van der Waals surface area contributed by atoms with E-state index in [1.54, 1.807) is 17.8 Å². The van der Waals surface area contributed by atoms with Crippen LogP contribution >= 0.6 is 22.6 Å². The number of aromatic nitrogens is 2. The first-order valence-corrected chi connectivity index (χ1v) is 4.49. The molecule has 1 heterocycles. The van der Waals surface area contributed by atoms with Crippen molar-refractivity contribution >= 4 is 22.6 Å². The minimum atomic E-state index is -0.838. The molecule has 4 nitrogen and oxygen atoms in total. The zero-order valence-corrected chi connectivity index (χ0v) is 8.82. The molecule has 1 unspecified atom stereocenters. The van der Waals surface area contributed by atoms with Crippen LogP contribution in [0.1, 0.15) is 6.92 Å². The lowest BCUT2D eigenvalue weighted by Crippen LogP contribution is -2.39. The topological polar surface area (TPSA) is 67.6 Å². The third kappa shape index (κ3) is 2.46. The summed E-state index contributed by atoms with van der Waals surface area (Å²) in [5.41, 5.74) is 4.79. The molecule has 0 aromatic carbocycles. The van der Waals surface area contributed by atoms with Crippen molar-refractivity contribution in [1.82, 2.24) is 9.78 Å². The number of hydrogen-bond acceptors (Lipinski definition) is 3. The highest BCUT2D eigenvalue weighted by molar-refractivity contribution is 14.1. The van der Waals surface area contributed by atoms with Gasteiger partial charge in [-0.15, -0.1) is 0 Å². The highest BCUT2D eigenvalue weighted by Gasteiger charge is 2.18. The summed E-state index contributed by atoms with van der Waals surface area (Å²) in [7, 11) is 0. The molecule has 0 bridgehead atoms. The van der Waals surface area contributed by atoms with Gasteiger partial charge in [-0.25, -0.2) is 0 Å². The lowest BCUT2D eigenvalue weighted by molar-refractivity contribution is 0.459. The summed E-state index contributed by atoms with van der Waals surface area (Å²) in [6.45, 7) is 2.11. The average Bonchev–Trinajstić information content (AvgIpc) is 2.35. The van der Waals surface area contributed by atoms with Gasteiger partial charge in [-0.1, -0.05) is 0 Å². The zero-order valence-electron chi connectivity index (χ0n) is 6.66. The van der Waals surface area contributed by atoms with E-state index in [0.717, 1.165) is 3.57 Å². The molecule has 1 aromatic heterocycles. The number of halogens is 1. The molecule has 2 N–H and O–H groups in total. The third-order valence-electron chi connectivity index (χ3n) is 1.35. The molecule has 64 valence electrons. The summed E-state index contributed by atoms with van der Waals surface area (Å²) in [5, 5.41) is 12.7. The van der Waals surface area contributed by atoms with Crippen LogP contribution in [0.5, 0.6) is 0 Å². The molecular weight excluding hydrogens is 267 g/mol. The van der Waals surface area contributed by atoms with E-state index in [1.807, 2.05) is 12.3 Å². The fraction of sp³-hybridized carbons (Fsp3) is 0.429. The Bertz CT molecular complexity index is 309. The number of rotatable bonds is 2. The zero-order chi connectivity index (χ0) is 9.19. The maximum atomic E-state index is 8.64. The lowest BCUT2D eigenvalue weighted by atomic mass is 10.1. The van der Waals surface area contributed by atoms with Gasteiger partial charge in [0.1, 0.15) is 5.54 Å². The van der Waals surface area contributed by atoms with E-state index in [9.17, 15) is 0 Å². The predicted octanol–water partition coefficient (Wildman–Crippen LogP) is 0.729. The molecule has 12 heavy (non-hydrogen) atoms. The average molecular weight is 276 g/mol. The molecule has 0 fully saturated rings. The fourth-order valence-electron chi connectivity index (χ4n) is 0.797. The summed E-state index contributed by atoms with van der Waals surface area (Å²) >= 11 is 2.16. The second kappa shape index (κ2) is 3.41. The molecule has 0 saturated carbocycles. The number of hydrogen-bond donors (Lipinski definition) is 1. The van der Waals surface area contributed by atoms with E-state index in [0.29, 0.717) is 6.54 Å². The van der Waals surface area contributed by atoms with Gasteiger partial charge in [0.05, 0.1) is 22.4 Å². The number of nitrogens with two attached hydrogens (primary N) is 1. The SMILES string of the molecule is CC(N)(C#N)Cn1cc(I)cn1. The van der Waals surface area contributed by atoms with E-state index in [-0.39, 0.29) is 0 Å². The van der Waals surface area contributed by atoms with Crippen LogP contribution in [0.25, 0.3) is 0 Å². The predicted molar refractivity (Wildman–Crippen MR) is 53.1 cm³/mol. The van der Waals surface area contributed by atoms with Gasteiger partial charge in [-0.2, -0.15) is 10.4 Å². The minimum absolute atomic E-state index is 0.423. The van der Waals surface area contributed by atoms with Gasteiger partial charge < -0.3 is 5.73 Å². The van der Waals surface area contributed by atoms with Crippen LogP contribution in [0.15, 0.2) is 12.4 Å². The summed E-state index contributed by atoms with van der Waals surface area (Å²) in [6, 6.07) is 2.01. The van der Waals surface area contributed by atoms with Crippen molar-refractivity contribution in [3.63, 3.8) is 0 Å². The molecule has 5 heteroatoms. The first kappa shape index (κ1) is 9.48. The largest absolute Gasteiger partial charge is 0.312 e. The molecule has 0 aliphatic rings. The van der Waals surface area contributed by atoms with Crippen molar-refractivity contribution in [3.05, 3.63) is 16.0 Å². The van der Waals surface area contributed by atoms with Gasteiger partial charge in [-0.3, -0.25) is 4.68 Å². The Kier molecular flexibility index (Phi) is 2.69. The van der Waals surface area contributed by atoms with Crippen molar-refractivity contribution in [2.24, 2.45) is 5.73 Å². The van der Waals surface area contributed by atoms with E-state index < -0.39 is 5.54 Å². The molecule has 1 rings (SSSR count). The second-order valence-corrected chi connectivity index (χ2v) is 4.13. The minimum Gasteiger partial charge on any atom is -0.312 e. The molecule has 0 amide bonds. The van der Waals surface area contributed by atoms with Crippen molar-refractivity contribution in [1.29, 1.82) is 5.26 Å². The van der Waals surface area contributed by atoms with Crippen LogP contribution in [-0.2, 0) is 6.54 Å². The van der Waals surface area contributed by atoms with Crippen LogP contribution in [0.2, 0.25) is 0 Å². The highest BCUT2D eigenvalue weighted by atomic mass is 127. The maximum absolute atomic E-state index is 8.64. The summed E-state index contributed by atoms with van der Waals surface area (Å²) in [5.74, 6) is 0. The van der Waals surface area contributed by atoms with Gasteiger partial charge in [-0.05, 0) is 29.5 Å². The molecule has 0 aliphatic heterocycles. The van der Waals surface area contributed by atoms with E-state index >= 15 is 0 Å². The monoisotopic (exact) mass is 276 g/mol. The van der Waals surface area contributed by atoms with Crippen molar-refractivity contribution in [2.75, 3.05) is 0 Å². The molecular formula is C7H9IN4. The summed E-state index contributed by atoms with van der Waals surface area (Å²) < 4.78 is 2.71. The van der Waals surface area contributed by atoms with E-state index in [1.165, 1.54) is 0 Å². The second-order valence-electron chi connectivity index (χ2n) is 2.89. The number of nitrogens with zero attached hydrogens (tertiary/aromatic N) is 3. The van der Waals surface area contributed by atoms with Gasteiger partial charge in [0, 0.05) is 6.20 Å². The van der Waals surface area contributed by atoms with Crippen molar-refractivity contribution < 1.29 is 0 Å². The normalized spacial score (nSPS) is 15.2. The molecule has 0 saturated heterocycles. The highest BCUT2D eigenvalue weighted by Crippen LogP contribution is 2.05. The van der Waals surface area contributed by atoms with E-state index in [4.69, 9.17) is 11.0 Å². The first-order valence-electron chi connectivity index (χ1n) is 3.41. The molecule has 1 aromatic rings. The summed E-state index contributed by atoms with van der Waals surface area (Å²) in [4.78, 5) is 0. The van der Waals surface area contributed by atoms with Crippen LogP contribution in [0.3, 0.4) is 0 Å². The first-order chi connectivity index (χ1) is 5.53. The van der Waals surface area contributed by atoms with Crippen LogP contribution in [0.4, 0.5) is 0 Å². The fourth-order valence-corrected chi connectivity index (χ4v) is 1.24. The Hall–Kier alpha value is -0.610. The molecule has 0 aliphatic carbocycles. The Morgan fingerprint density at radius 3 is 3.00 bits per heavy atom. The van der Waals surface area contributed by atoms with Crippen LogP contribution in [-0.4, -0.2) is 15.3 Å². The molecule has 0 spiro atoms. The Morgan fingerprint density at radius 1 is 1.92 bits per heavy atom. The van der Waals surface area contributed by atoms with Crippen LogP contribution in [0, 0.1) is 14.9 Å². The van der Waals surface area contributed by atoms with Crippen molar-refractivity contribution in [3.8, 4) is 6.07 Å². The smallest absolute Gasteiger partial charge is 0.121 e. The van der Waals surface area contributed by atoms with Crippen molar-refractivity contribution in [2.45, 2.75) is 19.0 Å². The Balaban J connectivity index is 2.72. The van der Waals surface area contributed by atoms with Gasteiger partial charge >= 0.3 is 0 Å². The maximum Gasteiger partial charge on any atom is 0.121 e. The number of nitriles is 1. The van der Waals surface area contributed by atoms with Gasteiger partial charge in [0.25, 0.3) is 0 Å². The van der Waals surface area contributed by atoms with Gasteiger partial charge in [0.2, 0.25) is 0 Å². The van der Waals surface area contributed by atoms with E-state index in [2.05, 4.69) is 27.7 Å². The van der Waals surface area contributed by atoms with Gasteiger partial charge in [0.15, 0.2) is 0 Å². The quantitative estimate of drug-likeness (QED) is 0.810. The molecule has 1 atom stereocenters. The summed E-state index contributed by atoms with van der Waals surface area (Å²) in [6.07, 6.45) is 3.58. The van der Waals surface area contributed by atoms with Crippen LogP contribution < -0.4 is 5.73 Å². The standard InChI is InChI=1S/C7H9IN4/c1-7(10,4-9)5-12-3-6(8)2-11-12/h2-3H,5,10H2,1H3. The Labute approximate surface area is 84.5 Å².